The quantitative estimate of drug-likeness (QED) is 0.676. The van der Waals surface area contributed by atoms with Gasteiger partial charge in [0, 0.05) is 0 Å². The van der Waals surface area contributed by atoms with Crippen LogP contribution in [-0.2, 0) is 0 Å². The summed E-state index contributed by atoms with van der Waals surface area (Å²) < 4.78 is 3.04. The predicted octanol–water partition coefficient (Wildman–Crippen LogP) is -0.123. The molecular formula is C10H8IS-. The van der Waals surface area contributed by atoms with E-state index in [-0.39, 0.29) is 21.2 Å². The second-order valence-electron chi connectivity index (χ2n) is 2.31. The number of benzene rings is 1. The van der Waals surface area contributed by atoms with Crippen LogP contribution in [0, 0.1) is 6.45 Å². The second kappa shape index (κ2) is 4.05. The third-order valence-electron chi connectivity index (χ3n) is 1.42. The van der Waals surface area contributed by atoms with Gasteiger partial charge >= 0.3 is 86.8 Å². The van der Waals surface area contributed by atoms with Gasteiger partial charge in [0.2, 0.25) is 0 Å². The van der Waals surface area contributed by atoms with Gasteiger partial charge in [-0.15, -0.1) is 0 Å². The van der Waals surface area contributed by atoms with Crippen LogP contribution in [0.1, 0.15) is 0 Å². The summed E-state index contributed by atoms with van der Waals surface area (Å²) in [5.74, 6) is 0. The zero-order chi connectivity index (χ0) is 8.23. The Morgan fingerprint density at radius 3 is 2.42 bits per heavy atom. The van der Waals surface area contributed by atoms with E-state index in [0.29, 0.717) is 0 Å². The van der Waals surface area contributed by atoms with Gasteiger partial charge in [-0.05, 0) is 0 Å². The van der Waals surface area contributed by atoms with E-state index in [0.717, 1.165) is 0 Å². The van der Waals surface area contributed by atoms with E-state index >= 15 is 0 Å². The van der Waals surface area contributed by atoms with Gasteiger partial charge in [-0.2, -0.15) is 0 Å². The number of hydrogen-bond donors (Lipinski definition) is 0. The van der Waals surface area contributed by atoms with Crippen molar-refractivity contribution in [2.45, 2.75) is 0 Å². The van der Waals surface area contributed by atoms with E-state index in [9.17, 15) is 0 Å². The summed E-state index contributed by atoms with van der Waals surface area (Å²) in [7, 11) is 0. The first kappa shape index (κ1) is 8.26. The van der Waals surface area contributed by atoms with Crippen molar-refractivity contribution < 1.29 is 21.2 Å². The zero-order valence-corrected chi connectivity index (χ0v) is 9.38. The number of hydrogen-bond acceptors (Lipinski definition) is 1. The normalized spacial score (nSPS) is 10.3. The average Bonchev–Trinajstić information content (AvgIpc) is 2.59. The van der Waals surface area contributed by atoms with Crippen LogP contribution in [0.4, 0.5) is 0 Å². The Morgan fingerprint density at radius 2 is 1.75 bits per heavy atom. The summed E-state index contributed by atoms with van der Waals surface area (Å²) >= 11 is 1.95. The van der Waals surface area contributed by atoms with Gasteiger partial charge in [-0.3, -0.25) is 0 Å². The summed E-state index contributed by atoms with van der Waals surface area (Å²) in [6, 6.07) is 15.1. The molecule has 0 unspecified atom stereocenters. The summed E-state index contributed by atoms with van der Waals surface area (Å²) in [6.45, 7) is 0. The Morgan fingerprint density at radius 1 is 0.917 bits per heavy atom. The Labute approximate surface area is 86.5 Å². The molecule has 62 valence electrons. The minimum atomic E-state index is 0.0848. The van der Waals surface area contributed by atoms with E-state index in [1.165, 1.54) is 3.57 Å². The molecular weight excluding hydrogens is 279 g/mol. The van der Waals surface area contributed by atoms with Gasteiger partial charge in [0.05, 0.1) is 0 Å². The molecule has 0 saturated heterocycles. The van der Waals surface area contributed by atoms with Crippen molar-refractivity contribution in [1.29, 1.82) is 0 Å². The molecule has 12 heavy (non-hydrogen) atoms. The first-order valence-corrected chi connectivity index (χ1v) is 6.72. The van der Waals surface area contributed by atoms with Crippen molar-refractivity contribution >= 4 is 11.3 Å². The van der Waals surface area contributed by atoms with Gasteiger partial charge in [0.25, 0.3) is 0 Å². The Kier molecular flexibility index (Phi) is 2.79. The first-order chi connectivity index (χ1) is 5.95. The molecule has 0 aliphatic rings. The molecule has 2 heteroatoms. The molecule has 0 radical (unpaired) electrons. The van der Waals surface area contributed by atoms with Gasteiger partial charge < -0.3 is 0 Å². The van der Waals surface area contributed by atoms with Crippen LogP contribution in [0.25, 0.3) is 0 Å². The molecule has 0 fully saturated rings. The van der Waals surface area contributed by atoms with Crippen molar-refractivity contribution in [3.63, 3.8) is 0 Å². The van der Waals surface area contributed by atoms with Gasteiger partial charge in [0.15, 0.2) is 0 Å². The van der Waals surface area contributed by atoms with Crippen LogP contribution in [0.3, 0.4) is 0 Å². The minimum absolute atomic E-state index is 0.0848. The Balaban J connectivity index is 2.15. The molecule has 1 aromatic heterocycles. The van der Waals surface area contributed by atoms with E-state index in [1.807, 2.05) is 11.3 Å². The SMILES string of the molecule is c1ccc([I-]c2cccs2)cc1. The summed E-state index contributed by atoms with van der Waals surface area (Å²) in [6.07, 6.45) is 0. The average molecular weight is 287 g/mol. The van der Waals surface area contributed by atoms with Crippen molar-refractivity contribution in [2.24, 2.45) is 0 Å². The zero-order valence-electron chi connectivity index (χ0n) is 6.41. The van der Waals surface area contributed by atoms with Crippen molar-refractivity contribution in [1.82, 2.24) is 0 Å². The molecule has 2 aromatic rings. The topological polar surface area (TPSA) is 0 Å². The van der Waals surface area contributed by atoms with Gasteiger partial charge in [0.1, 0.15) is 0 Å². The monoisotopic (exact) mass is 287 g/mol. The second-order valence-corrected chi connectivity index (χ2v) is 6.93. The molecule has 0 nitrogen and oxygen atoms in total. The standard InChI is InChI=1S/C10H8IS/c1-2-5-9(6-3-1)11-10-7-4-8-12-10/h1-8H/q-1. The van der Waals surface area contributed by atoms with Crippen LogP contribution in [0.5, 0.6) is 0 Å². The van der Waals surface area contributed by atoms with Crippen LogP contribution < -0.4 is 21.2 Å². The predicted molar refractivity (Wildman–Crippen MR) is 48.2 cm³/mol. The molecule has 0 aliphatic carbocycles. The van der Waals surface area contributed by atoms with Crippen LogP contribution in [0.15, 0.2) is 47.8 Å². The van der Waals surface area contributed by atoms with Crippen molar-refractivity contribution in [3.05, 3.63) is 54.3 Å². The summed E-state index contributed by atoms with van der Waals surface area (Å²) in [4.78, 5) is 0. The molecule has 1 aromatic carbocycles. The van der Waals surface area contributed by atoms with E-state index in [1.54, 1.807) is 2.88 Å². The Bertz CT molecular complexity index is 326. The van der Waals surface area contributed by atoms with E-state index in [2.05, 4.69) is 47.8 Å². The number of halogens is 1. The summed E-state index contributed by atoms with van der Waals surface area (Å²) in [5.41, 5.74) is 0. The Hall–Kier alpha value is -0.350. The fourth-order valence-electron chi connectivity index (χ4n) is 0.897. The van der Waals surface area contributed by atoms with Crippen molar-refractivity contribution in [3.8, 4) is 0 Å². The molecule has 0 bridgehead atoms. The summed E-state index contributed by atoms with van der Waals surface area (Å²) in [5, 5.41) is 2.15. The maximum atomic E-state index is 2.23. The molecule has 2 rings (SSSR count). The maximum absolute atomic E-state index is 2.23. The van der Waals surface area contributed by atoms with Crippen LogP contribution in [0.2, 0.25) is 0 Å². The molecule has 0 saturated carbocycles. The number of rotatable bonds is 2. The van der Waals surface area contributed by atoms with Gasteiger partial charge in [-0.25, -0.2) is 0 Å². The molecule has 0 aliphatic heterocycles. The van der Waals surface area contributed by atoms with E-state index < -0.39 is 0 Å². The fraction of sp³-hybridized carbons (Fsp3) is 0. The molecule has 0 spiro atoms. The van der Waals surface area contributed by atoms with E-state index in [4.69, 9.17) is 0 Å². The molecule has 0 N–H and O–H groups in total. The van der Waals surface area contributed by atoms with Crippen LogP contribution in [-0.4, -0.2) is 0 Å². The molecule has 0 atom stereocenters. The molecule has 1 heterocycles. The first-order valence-electron chi connectivity index (χ1n) is 3.68. The van der Waals surface area contributed by atoms with Gasteiger partial charge in [-0.1, -0.05) is 0 Å². The third kappa shape index (κ3) is 2.08. The van der Waals surface area contributed by atoms with Crippen molar-refractivity contribution in [2.75, 3.05) is 0 Å². The third-order valence-corrected chi connectivity index (χ3v) is 5.59. The fourth-order valence-corrected chi connectivity index (χ4v) is 4.58. The van der Waals surface area contributed by atoms with Crippen LogP contribution >= 0.6 is 11.3 Å². The molecule has 0 amide bonds. The number of thiophene rings is 1.